The lowest BCUT2D eigenvalue weighted by Gasteiger charge is -2.12. The molecule has 1 atom stereocenters. The molecule has 17 heavy (non-hydrogen) atoms. The molecule has 0 saturated heterocycles. The van der Waals surface area contributed by atoms with Gasteiger partial charge in [-0.15, -0.1) is 0 Å². The Bertz CT molecular complexity index is 364. The van der Waals surface area contributed by atoms with Crippen LogP contribution in [0.5, 0.6) is 0 Å². The van der Waals surface area contributed by atoms with Crippen LogP contribution in [-0.2, 0) is 4.79 Å². The van der Waals surface area contributed by atoms with E-state index < -0.39 is 0 Å². The number of halogens is 1. The van der Waals surface area contributed by atoms with Crippen molar-refractivity contribution in [3.63, 3.8) is 0 Å². The molecule has 0 bridgehead atoms. The molecule has 3 nitrogen and oxygen atoms in total. The van der Waals surface area contributed by atoms with Crippen LogP contribution in [0.15, 0.2) is 24.3 Å². The molecule has 1 unspecified atom stereocenters. The smallest absolute Gasteiger partial charge is 0.224 e. The highest BCUT2D eigenvalue weighted by atomic mass is 35.5. The van der Waals surface area contributed by atoms with Crippen LogP contribution in [0.4, 0.5) is 5.69 Å². The molecule has 4 heteroatoms. The van der Waals surface area contributed by atoms with E-state index >= 15 is 0 Å². The summed E-state index contributed by atoms with van der Waals surface area (Å²) in [4.78, 5) is 11.7. The van der Waals surface area contributed by atoms with Crippen LogP contribution in [0.2, 0.25) is 5.02 Å². The van der Waals surface area contributed by atoms with Crippen LogP contribution < -0.4 is 11.1 Å². The highest BCUT2D eigenvalue weighted by molar-refractivity contribution is 6.33. The number of hydrogen-bond donors (Lipinski definition) is 2. The fourth-order valence-electron chi connectivity index (χ4n) is 1.60. The Labute approximate surface area is 107 Å². The summed E-state index contributed by atoms with van der Waals surface area (Å²) in [5, 5.41) is 3.36. The second-order valence-electron chi connectivity index (χ2n) is 4.08. The summed E-state index contributed by atoms with van der Waals surface area (Å²) in [6, 6.07) is 7.22. The second-order valence-corrected chi connectivity index (χ2v) is 4.48. The maximum Gasteiger partial charge on any atom is 0.224 e. The van der Waals surface area contributed by atoms with Gasteiger partial charge in [0.25, 0.3) is 0 Å². The van der Waals surface area contributed by atoms with Crippen molar-refractivity contribution >= 4 is 23.2 Å². The fourth-order valence-corrected chi connectivity index (χ4v) is 1.78. The maximum absolute atomic E-state index is 11.7. The van der Waals surface area contributed by atoms with Gasteiger partial charge in [-0.25, -0.2) is 0 Å². The first-order valence-electron chi connectivity index (χ1n) is 5.91. The number of carbonyl (C=O) groups excluding carboxylic acids is 1. The monoisotopic (exact) mass is 254 g/mol. The topological polar surface area (TPSA) is 55.1 Å². The van der Waals surface area contributed by atoms with Gasteiger partial charge >= 0.3 is 0 Å². The Balaban J connectivity index is 2.42. The number of nitrogens with two attached hydrogens (primary N) is 1. The lowest BCUT2D eigenvalue weighted by atomic mass is 10.0. The summed E-state index contributed by atoms with van der Waals surface area (Å²) < 4.78 is 0. The first-order valence-corrected chi connectivity index (χ1v) is 6.29. The van der Waals surface area contributed by atoms with Gasteiger partial charge in [0.15, 0.2) is 0 Å². The van der Waals surface area contributed by atoms with Crippen molar-refractivity contribution in [2.45, 2.75) is 26.2 Å². The largest absolute Gasteiger partial charge is 0.330 e. The zero-order valence-electron chi connectivity index (χ0n) is 10.1. The van der Waals surface area contributed by atoms with Crippen molar-refractivity contribution in [3.8, 4) is 0 Å². The number of nitrogens with one attached hydrogen (secondary N) is 1. The third-order valence-corrected chi connectivity index (χ3v) is 3.17. The number of anilines is 1. The quantitative estimate of drug-likeness (QED) is 0.820. The Morgan fingerprint density at radius 1 is 1.47 bits per heavy atom. The zero-order valence-corrected chi connectivity index (χ0v) is 10.8. The normalized spacial score (nSPS) is 12.2. The van der Waals surface area contributed by atoms with Gasteiger partial charge in [-0.2, -0.15) is 0 Å². The minimum Gasteiger partial charge on any atom is -0.330 e. The molecular formula is C13H19ClN2O. The average Bonchev–Trinajstić information content (AvgIpc) is 2.33. The Hall–Kier alpha value is -1.06. The highest BCUT2D eigenvalue weighted by Crippen LogP contribution is 2.21. The molecule has 1 amide bonds. The molecule has 1 aromatic rings. The average molecular weight is 255 g/mol. The van der Waals surface area contributed by atoms with Crippen molar-refractivity contribution in [2.24, 2.45) is 11.7 Å². The van der Waals surface area contributed by atoms with E-state index in [-0.39, 0.29) is 5.91 Å². The fraction of sp³-hybridized carbons (Fsp3) is 0.462. The molecule has 0 saturated carbocycles. The van der Waals surface area contributed by atoms with Gasteiger partial charge in [-0.3, -0.25) is 4.79 Å². The molecule has 94 valence electrons. The predicted octanol–water partition coefficient (Wildman–Crippen LogP) is 3.04. The van der Waals surface area contributed by atoms with Crippen molar-refractivity contribution in [1.29, 1.82) is 0 Å². The molecule has 0 fully saturated rings. The summed E-state index contributed by atoms with van der Waals surface area (Å²) in [5.41, 5.74) is 6.26. The minimum atomic E-state index is -0.00926. The molecule has 0 spiro atoms. The summed E-state index contributed by atoms with van der Waals surface area (Å²) in [6.07, 6.45) is 2.32. The summed E-state index contributed by atoms with van der Waals surface area (Å²) in [7, 11) is 0. The van der Waals surface area contributed by atoms with Crippen LogP contribution in [-0.4, -0.2) is 12.5 Å². The van der Waals surface area contributed by atoms with Gasteiger partial charge in [0.2, 0.25) is 5.91 Å². The van der Waals surface area contributed by atoms with Crippen molar-refractivity contribution in [2.75, 3.05) is 11.9 Å². The third-order valence-electron chi connectivity index (χ3n) is 2.84. The molecule has 0 aromatic heterocycles. The molecular weight excluding hydrogens is 236 g/mol. The Morgan fingerprint density at radius 3 is 2.76 bits per heavy atom. The van der Waals surface area contributed by atoms with E-state index in [2.05, 4.69) is 12.2 Å². The van der Waals surface area contributed by atoms with Gasteiger partial charge in [0.1, 0.15) is 0 Å². The van der Waals surface area contributed by atoms with Gasteiger partial charge in [-0.05, 0) is 31.0 Å². The molecule has 0 aliphatic heterocycles. The lowest BCUT2D eigenvalue weighted by Crippen LogP contribution is -2.18. The van der Waals surface area contributed by atoms with E-state index in [0.717, 1.165) is 12.8 Å². The van der Waals surface area contributed by atoms with Crippen molar-refractivity contribution in [3.05, 3.63) is 29.3 Å². The van der Waals surface area contributed by atoms with Crippen molar-refractivity contribution in [1.82, 2.24) is 0 Å². The number of hydrogen-bond acceptors (Lipinski definition) is 2. The van der Waals surface area contributed by atoms with Gasteiger partial charge in [0.05, 0.1) is 10.7 Å². The molecule has 0 aliphatic rings. The van der Waals surface area contributed by atoms with E-state index in [0.29, 0.717) is 29.6 Å². The zero-order chi connectivity index (χ0) is 12.7. The Kier molecular flexibility index (Phi) is 6.01. The third kappa shape index (κ3) is 4.75. The number of rotatable bonds is 6. The molecule has 0 heterocycles. The van der Waals surface area contributed by atoms with E-state index in [1.807, 2.05) is 12.1 Å². The SMILES string of the molecule is CCC(CN)CCC(=O)Nc1ccccc1Cl. The molecule has 1 rings (SSSR count). The number of para-hydroxylation sites is 1. The van der Waals surface area contributed by atoms with Crippen LogP contribution in [0.25, 0.3) is 0 Å². The van der Waals surface area contributed by atoms with Crippen LogP contribution in [0.3, 0.4) is 0 Å². The van der Waals surface area contributed by atoms with Crippen molar-refractivity contribution < 1.29 is 4.79 Å². The summed E-state index contributed by atoms with van der Waals surface area (Å²) in [6.45, 7) is 2.72. The first kappa shape index (κ1) is 14.0. The second kappa shape index (κ2) is 7.30. The molecule has 0 aliphatic carbocycles. The van der Waals surface area contributed by atoms with Crippen LogP contribution in [0, 0.1) is 5.92 Å². The summed E-state index contributed by atoms with van der Waals surface area (Å²) >= 11 is 5.95. The van der Waals surface area contributed by atoms with E-state index in [1.165, 1.54) is 0 Å². The molecule has 3 N–H and O–H groups in total. The van der Waals surface area contributed by atoms with E-state index in [4.69, 9.17) is 17.3 Å². The maximum atomic E-state index is 11.7. The van der Waals surface area contributed by atoms with Crippen LogP contribution >= 0.6 is 11.6 Å². The molecule has 1 aromatic carbocycles. The summed E-state index contributed by atoms with van der Waals surface area (Å²) in [5.74, 6) is 0.414. The van der Waals surface area contributed by atoms with E-state index in [1.54, 1.807) is 12.1 Å². The number of amides is 1. The number of benzene rings is 1. The number of carbonyl (C=O) groups is 1. The minimum absolute atomic E-state index is 0.00926. The van der Waals surface area contributed by atoms with Gasteiger partial charge < -0.3 is 11.1 Å². The van der Waals surface area contributed by atoms with Gasteiger partial charge in [0, 0.05) is 6.42 Å². The molecule has 0 radical (unpaired) electrons. The van der Waals surface area contributed by atoms with Crippen LogP contribution in [0.1, 0.15) is 26.2 Å². The first-order chi connectivity index (χ1) is 8.17. The van der Waals surface area contributed by atoms with E-state index in [9.17, 15) is 4.79 Å². The van der Waals surface area contributed by atoms with Gasteiger partial charge in [-0.1, -0.05) is 37.1 Å². The standard InChI is InChI=1S/C13H19ClN2O/c1-2-10(9-15)7-8-13(17)16-12-6-4-3-5-11(12)14/h3-6,10H,2,7-9,15H2,1H3,(H,16,17). The lowest BCUT2D eigenvalue weighted by molar-refractivity contribution is -0.116. The predicted molar refractivity (Wildman–Crippen MR) is 72.2 cm³/mol. The Morgan fingerprint density at radius 2 is 2.18 bits per heavy atom. The highest BCUT2D eigenvalue weighted by Gasteiger charge is 2.09.